The number of hydrogen-bond donors (Lipinski definition) is 1. The summed E-state index contributed by atoms with van der Waals surface area (Å²) in [6.07, 6.45) is 0. The second kappa shape index (κ2) is 6.19. The Bertz CT molecular complexity index is 593. The molecule has 2 aromatic rings. The number of phenolic OH excluding ortho intramolecular Hbond substituents is 1. The molecule has 0 fully saturated rings. The first-order valence-electron chi connectivity index (χ1n) is 6.26. The minimum Gasteiger partial charge on any atom is -0.508 e. The molecule has 4 heteroatoms. The van der Waals surface area contributed by atoms with Crippen LogP contribution in [0, 0.1) is 6.92 Å². The van der Waals surface area contributed by atoms with Crippen molar-refractivity contribution in [3.05, 3.63) is 47.5 Å². The first-order valence-corrected chi connectivity index (χ1v) is 6.26. The van der Waals surface area contributed by atoms with Crippen molar-refractivity contribution < 1.29 is 19.3 Å². The standard InChI is InChI=1S/C16H18O4/c1-11-4-5-15(16(6-11)19-3)20-10-12-7-13(17)9-14(8-12)18-2/h4-9,17H,10H2,1-3H3. The van der Waals surface area contributed by atoms with Crippen LogP contribution in [0.4, 0.5) is 0 Å². The fraction of sp³-hybridized carbons (Fsp3) is 0.250. The molecule has 0 spiro atoms. The number of methoxy groups -OCH3 is 2. The molecule has 0 aliphatic rings. The van der Waals surface area contributed by atoms with Gasteiger partial charge in [0.15, 0.2) is 11.5 Å². The number of aromatic hydroxyl groups is 1. The highest BCUT2D eigenvalue weighted by molar-refractivity contribution is 5.43. The molecule has 2 rings (SSSR count). The Balaban J connectivity index is 2.14. The number of hydrogen-bond acceptors (Lipinski definition) is 4. The fourth-order valence-corrected chi connectivity index (χ4v) is 1.90. The van der Waals surface area contributed by atoms with Gasteiger partial charge in [-0.3, -0.25) is 0 Å². The molecule has 0 heterocycles. The van der Waals surface area contributed by atoms with E-state index in [2.05, 4.69) is 0 Å². The van der Waals surface area contributed by atoms with E-state index in [9.17, 15) is 5.11 Å². The number of phenols is 1. The third-order valence-corrected chi connectivity index (χ3v) is 2.90. The quantitative estimate of drug-likeness (QED) is 0.908. The van der Waals surface area contributed by atoms with Crippen LogP contribution in [0.1, 0.15) is 11.1 Å². The van der Waals surface area contributed by atoms with Gasteiger partial charge in [0.05, 0.1) is 14.2 Å². The van der Waals surface area contributed by atoms with E-state index in [1.165, 1.54) is 0 Å². The van der Waals surface area contributed by atoms with Crippen molar-refractivity contribution in [3.8, 4) is 23.0 Å². The van der Waals surface area contributed by atoms with Gasteiger partial charge in [-0.1, -0.05) is 6.07 Å². The normalized spacial score (nSPS) is 10.2. The van der Waals surface area contributed by atoms with E-state index in [0.717, 1.165) is 11.1 Å². The molecule has 0 aromatic heterocycles. The van der Waals surface area contributed by atoms with E-state index in [-0.39, 0.29) is 5.75 Å². The molecule has 20 heavy (non-hydrogen) atoms. The van der Waals surface area contributed by atoms with Crippen molar-refractivity contribution in [2.75, 3.05) is 14.2 Å². The highest BCUT2D eigenvalue weighted by atomic mass is 16.5. The summed E-state index contributed by atoms with van der Waals surface area (Å²) in [5.74, 6) is 2.11. The molecule has 0 unspecified atom stereocenters. The van der Waals surface area contributed by atoms with Crippen molar-refractivity contribution in [2.24, 2.45) is 0 Å². The van der Waals surface area contributed by atoms with Crippen LogP contribution in [0.5, 0.6) is 23.0 Å². The van der Waals surface area contributed by atoms with Gasteiger partial charge in [-0.05, 0) is 42.3 Å². The van der Waals surface area contributed by atoms with Crippen LogP contribution in [0.2, 0.25) is 0 Å². The van der Waals surface area contributed by atoms with Crippen LogP contribution in [-0.2, 0) is 6.61 Å². The average molecular weight is 274 g/mol. The lowest BCUT2D eigenvalue weighted by Crippen LogP contribution is -1.98. The van der Waals surface area contributed by atoms with Gasteiger partial charge in [0.2, 0.25) is 0 Å². The Kier molecular flexibility index (Phi) is 4.35. The van der Waals surface area contributed by atoms with E-state index in [4.69, 9.17) is 14.2 Å². The van der Waals surface area contributed by atoms with Gasteiger partial charge in [-0.15, -0.1) is 0 Å². The van der Waals surface area contributed by atoms with E-state index in [1.807, 2.05) is 31.2 Å². The molecule has 0 aliphatic heterocycles. The zero-order chi connectivity index (χ0) is 14.5. The van der Waals surface area contributed by atoms with Gasteiger partial charge in [-0.25, -0.2) is 0 Å². The molecule has 0 bridgehead atoms. The van der Waals surface area contributed by atoms with Crippen LogP contribution in [0.3, 0.4) is 0 Å². The first-order chi connectivity index (χ1) is 9.62. The molecule has 0 amide bonds. The summed E-state index contributed by atoms with van der Waals surface area (Å²) < 4.78 is 16.1. The SMILES string of the molecule is COc1cc(O)cc(COc2ccc(C)cc2OC)c1. The predicted octanol–water partition coefficient (Wildman–Crippen LogP) is 3.30. The Morgan fingerprint density at radius 1 is 0.950 bits per heavy atom. The summed E-state index contributed by atoms with van der Waals surface area (Å²) in [5.41, 5.74) is 1.93. The summed E-state index contributed by atoms with van der Waals surface area (Å²) in [4.78, 5) is 0. The molecule has 106 valence electrons. The van der Waals surface area contributed by atoms with Crippen molar-refractivity contribution in [1.29, 1.82) is 0 Å². The maximum Gasteiger partial charge on any atom is 0.161 e. The third kappa shape index (κ3) is 3.35. The smallest absolute Gasteiger partial charge is 0.161 e. The van der Waals surface area contributed by atoms with Crippen LogP contribution < -0.4 is 14.2 Å². The van der Waals surface area contributed by atoms with Crippen LogP contribution in [0.25, 0.3) is 0 Å². The van der Waals surface area contributed by atoms with E-state index < -0.39 is 0 Å². The molecule has 1 N–H and O–H groups in total. The van der Waals surface area contributed by atoms with E-state index in [0.29, 0.717) is 23.9 Å². The summed E-state index contributed by atoms with van der Waals surface area (Å²) in [7, 11) is 3.17. The summed E-state index contributed by atoms with van der Waals surface area (Å²) in [5, 5.41) is 9.60. The second-order valence-corrected chi connectivity index (χ2v) is 4.48. The van der Waals surface area contributed by atoms with Crippen molar-refractivity contribution >= 4 is 0 Å². The Hall–Kier alpha value is -2.36. The van der Waals surface area contributed by atoms with E-state index >= 15 is 0 Å². The zero-order valence-electron chi connectivity index (χ0n) is 11.8. The topological polar surface area (TPSA) is 47.9 Å². The minimum atomic E-state index is 0.152. The van der Waals surface area contributed by atoms with Gasteiger partial charge < -0.3 is 19.3 Å². The molecule has 0 saturated heterocycles. The fourth-order valence-electron chi connectivity index (χ4n) is 1.90. The number of aryl methyl sites for hydroxylation is 1. The average Bonchev–Trinajstić information content (AvgIpc) is 2.45. The first kappa shape index (κ1) is 14.1. The summed E-state index contributed by atoms with van der Waals surface area (Å²) in [6, 6.07) is 10.8. The Morgan fingerprint density at radius 3 is 2.45 bits per heavy atom. The maximum absolute atomic E-state index is 9.60. The third-order valence-electron chi connectivity index (χ3n) is 2.90. The summed E-state index contributed by atoms with van der Waals surface area (Å²) in [6.45, 7) is 2.32. The van der Waals surface area contributed by atoms with Crippen molar-refractivity contribution in [1.82, 2.24) is 0 Å². The second-order valence-electron chi connectivity index (χ2n) is 4.48. The van der Waals surface area contributed by atoms with Gasteiger partial charge in [0, 0.05) is 6.07 Å². The van der Waals surface area contributed by atoms with Gasteiger partial charge in [-0.2, -0.15) is 0 Å². The minimum absolute atomic E-state index is 0.152. The monoisotopic (exact) mass is 274 g/mol. The molecule has 0 saturated carbocycles. The van der Waals surface area contributed by atoms with Crippen LogP contribution in [-0.4, -0.2) is 19.3 Å². The van der Waals surface area contributed by atoms with Gasteiger partial charge >= 0.3 is 0 Å². The van der Waals surface area contributed by atoms with Gasteiger partial charge in [0.25, 0.3) is 0 Å². The maximum atomic E-state index is 9.60. The largest absolute Gasteiger partial charge is 0.508 e. The van der Waals surface area contributed by atoms with Crippen molar-refractivity contribution in [2.45, 2.75) is 13.5 Å². The van der Waals surface area contributed by atoms with E-state index in [1.54, 1.807) is 26.4 Å². The molecular formula is C16H18O4. The van der Waals surface area contributed by atoms with Crippen LogP contribution >= 0.6 is 0 Å². The molecule has 0 atom stereocenters. The number of benzene rings is 2. The lowest BCUT2D eigenvalue weighted by molar-refractivity contribution is 0.283. The van der Waals surface area contributed by atoms with Crippen molar-refractivity contribution in [3.63, 3.8) is 0 Å². The molecule has 2 aromatic carbocycles. The zero-order valence-corrected chi connectivity index (χ0v) is 11.8. The van der Waals surface area contributed by atoms with Gasteiger partial charge in [0.1, 0.15) is 18.1 Å². The highest BCUT2D eigenvalue weighted by Gasteiger charge is 2.06. The molecular weight excluding hydrogens is 256 g/mol. The Labute approximate surface area is 118 Å². The lowest BCUT2D eigenvalue weighted by atomic mass is 10.2. The molecule has 0 radical (unpaired) electrons. The predicted molar refractivity (Wildman–Crippen MR) is 76.7 cm³/mol. The highest BCUT2D eigenvalue weighted by Crippen LogP contribution is 2.29. The molecule has 0 aliphatic carbocycles. The Morgan fingerprint density at radius 2 is 1.75 bits per heavy atom. The number of rotatable bonds is 5. The summed E-state index contributed by atoms with van der Waals surface area (Å²) >= 11 is 0. The number of ether oxygens (including phenoxy) is 3. The lowest BCUT2D eigenvalue weighted by Gasteiger charge is -2.12. The van der Waals surface area contributed by atoms with Crippen LogP contribution in [0.15, 0.2) is 36.4 Å². The molecule has 4 nitrogen and oxygen atoms in total.